The highest BCUT2D eigenvalue weighted by atomic mass is 32.2. The van der Waals surface area contributed by atoms with E-state index in [4.69, 9.17) is 10.5 Å². The van der Waals surface area contributed by atoms with Crippen LogP contribution in [-0.4, -0.2) is 37.1 Å². The van der Waals surface area contributed by atoms with Gasteiger partial charge in [-0.2, -0.15) is 0 Å². The van der Waals surface area contributed by atoms with E-state index in [1.807, 2.05) is 19.1 Å². The summed E-state index contributed by atoms with van der Waals surface area (Å²) in [5.74, 6) is 0.938. The number of rotatable bonds is 4. The first kappa shape index (κ1) is 13.3. The maximum absolute atomic E-state index is 11.3. The van der Waals surface area contributed by atoms with Crippen LogP contribution in [0.5, 0.6) is 5.75 Å². The van der Waals surface area contributed by atoms with Gasteiger partial charge in [-0.1, -0.05) is 0 Å². The molecule has 1 fully saturated rings. The summed E-state index contributed by atoms with van der Waals surface area (Å²) in [6.07, 6.45) is 2.67. The Kier molecular flexibility index (Phi) is 3.87. The molecular formula is C12H18N2O3S. The van der Waals surface area contributed by atoms with Gasteiger partial charge in [0.2, 0.25) is 0 Å². The number of sulfone groups is 1. The van der Waals surface area contributed by atoms with Gasteiger partial charge in [0.25, 0.3) is 0 Å². The lowest BCUT2D eigenvalue weighted by Crippen LogP contribution is -2.19. The van der Waals surface area contributed by atoms with Crippen molar-refractivity contribution in [2.24, 2.45) is 5.73 Å². The molecule has 2 heterocycles. The van der Waals surface area contributed by atoms with E-state index in [0.29, 0.717) is 12.2 Å². The zero-order valence-corrected chi connectivity index (χ0v) is 11.2. The smallest absolute Gasteiger partial charge is 0.154 e. The molecule has 0 aliphatic carbocycles. The summed E-state index contributed by atoms with van der Waals surface area (Å²) in [5, 5.41) is 0. The van der Waals surface area contributed by atoms with Crippen LogP contribution in [0.15, 0.2) is 18.3 Å². The maximum atomic E-state index is 11.3. The first-order chi connectivity index (χ1) is 8.44. The Morgan fingerprint density at radius 2 is 2.33 bits per heavy atom. The minimum Gasteiger partial charge on any atom is -0.488 e. The molecule has 0 aromatic carbocycles. The van der Waals surface area contributed by atoms with E-state index < -0.39 is 9.84 Å². The molecule has 0 radical (unpaired) electrons. The van der Waals surface area contributed by atoms with E-state index in [1.165, 1.54) is 0 Å². The molecule has 2 unspecified atom stereocenters. The van der Waals surface area contributed by atoms with E-state index in [1.54, 1.807) is 6.20 Å². The van der Waals surface area contributed by atoms with Crippen LogP contribution in [0.1, 0.15) is 19.0 Å². The Bertz CT molecular complexity index is 497. The highest BCUT2D eigenvalue weighted by molar-refractivity contribution is 7.91. The standard InChI is InChI=1S/C12H18N2O3S/c1-9(13)6-10-2-3-11(7-14-10)17-12-4-5-18(15,16)8-12/h2-3,7,9,12H,4-6,8,13H2,1H3. The third-order valence-corrected chi connectivity index (χ3v) is 4.56. The molecule has 2 N–H and O–H groups in total. The molecule has 0 amide bonds. The average Bonchev–Trinajstić information content (AvgIpc) is 2.60. The molecule has 1 aromatic rings. The minimum atomic E-state index is -2.90. The summed E-state index contributed by atoms with van der Waals surface area (Å²) in [4.78, 5) is 4.24. The van der Waals surface area contributed by atoms with Gasteiger partial charge in [0, 0.05) is 18.2 Å². The number of hydrogen-bond donors (Lipinski definition) is 1. The van der Waals surface area contributed by atoms with Gasteiger partial charge in [0.1, 0.15) is 11.9 Å². The lowest BCUT2D eigenvalue weighted by molar-refractivity contribution is 0.228. The van der Waals surface area contributed by atoms with Crippen LogP contribution in [-0.2, 0) is 16.3 Å². The second-order valence-electron chi connectivity index (χ2n) is 4.81. The van der Waals surface area contributed by atoms with Crippen molar-refractivity contribution in [1.82, 2.24) is 4.98 Å². The third kappa shape index (κ3) is 3.68. The first-order valence-corrected chi connectivity index (χ1v) is 7.84. The average molecular weight is 270 g/mol. The molecule has 18 heavy (non-hydrogen) atoms. The molecule has 1 aliphatic rings. The number of aromatic nitrogens is 1. The second kappa shape index (κ2) is 5.24. The second-order valence-corrected chi connectivity index (χ2v) is 7.04. The molecule has 1 saturated heterocycles. The van der Waals surface area contributed by atoms with Crippen molar-refractivity contribution in [3.8, 4) is 5.75 Å². The normalized spacial score (nSPS) is 23.8. The van der Waals surface area contributed by atoms with Gasteiger partial charge in [-0.15, -0.1) is 0 Å². The topological polar surface area (TPSA) is 82.3 Å². The quantitative estimate of drug-likeness (QED) is 0.863. The number of nitrogens with two attached hydrogens (primary N) is 1. The molecule has 2 atom stereocenters. The van der Waals surface area contributed by atoms with Crippen molar-refractivity contribution in [2.45, 2.75) is 31.9 Å². The van der Waals surface area contributed by atoms with Gasteiger partial charge in [-0.25, -0.2) is 8.42 Å². The van der Waals surface area contributed by atoms with E-state index in [2.05, 4.69) is 4.98 Å². The summed E-state index contributed by atoms with van der Waals surface area (Å²) >= 11 is 0. The fourth-order valence-electron chi connectivity index (χ4n) is 1.98. The van der Waals surface area contributed by atoms with Crippen LogP contribution in [0, 0.1) is 0 Å². The Morgan fingerprint density at radius 3 is 2.83 bits per heavy atom. The third-order valence-electron chi connectivity index (χ3n) is 2.82. The lowest BCUT2D eigenvalue weighted by Gasteiger charge is -2.12. The Hall–Kier alpha value is -1.14. The summed E-state index contributed by atoms with van der Waals surface area (Å²) in [6, 6.07) is 3.75. The molecule has 1 aromatic heterocycles. The van der Waals surface area contributed by atoms with E-state index >= 15 is 0 Å². The molecule has 100 valence electrons. The maximum Gasteiger partial charge on any atom is 0.154 e. The summed E-state index contributed by atoms with van der Waals surface area (Å²) < 4.78 is 28.2. The molecule has 6 heteroatoms. The molecule has 0 saturated carbocycles. The van der Waals surface area contributed by atoms with Gasteiger partial charge in [0.05, 0.1) is 17.7 Å². The van der Waals surface area contributed by atoms with Crippen LogP contribution in [0.2, 0.25) is 0 Å². The zero-order chi connectivity index (χ0) is 13.2. The van der Waals surface area contributed by atoms with Crippen LogP contribution >= 0.6 is 0 Å². The monoisotopic (exact) mass is 270 g/mol. The van der Waals surface area contributed by atoms with Crippen LogP contribution in [0.3, 0.4) is 0 Å². The SMILES string of the molecule is CC(N)Cc1ccc(OC2CCS(=O)(=O)C2)cn1. The molecule has 1 aliphatic heterocycles. The highest BCUT2D eigenvalue weighted by Crippen LogP contribution is 2.19. The van der Waals surface area contributed by atoms with Gasteiger partial charge in [-0.05, 0) is 25.5 Å². The number of ether oxygens (including phenoxy) is 1. The van der Waals surface area contributed by atoms with Crippen molar-refractivity contribution < 1.29 is 13.2 Å². The minimum absolute atomic E-state index is 0.0734. The van der Waals surface area contributed by atoms with Crippen molar-refractivity contribution >= 4 is 9.84 Å². The lowest BCUT2D eigenvalue weighted by atomic mass is 10.2. The van der Waals surface area contributed by atoms with Crippen molar-refractivity contribution in [3.63, 3.8) is 0 Å². The Morgan fingerprint density at radius 1 is 1.56 bits per heavy atom. The Balaban J connectivity index is 1.95. The van der Waals surface area contributed by atoms with Crippen molar-refractivity contribution in [1.29, 1.82) is 0 Å². The summed E-state index contributed by atoms with van der Waals surface area (Å²) in [5.41, 5.74) is 6.60. The number of pyridine rings is 1. The molecule has 2 rings (SSSR count). The molecule has 5 nitrogen and oxygen atoms in total. The van der Waals surface area contributed by atoms with E-state index in [-0.39, 0.29) is 23.7 Å². The Labute approximate surface area is 107 Å². The fourth-order valence-corrected chi connectivity index (χ4v) is 3.57. The van der Waals surface area contributed by atoms with Gasteiger partial charge in [-0.3, -0.25) is 4.98 Å². The van der Waals surface area contributed by atoms with Crippen molar-refractivity contribution in [2.75, 3.05) is 11.5 Å². The van der Waals surface area contributed by atoms with E-state index in [9.17, 15) is 8.42 Å². The van der Waals surface area contributed by atoms with Gasteiger partial charge < -0.3 is 10.5 Å². The van der Waals surface area contributed by atoms with Gasteiger partial charge >= 0.3 is 0 Å². The first-order valence-electron chi connectivity index (χ1n) is 6.02. The van der Waals surface area contributed by atoms with Crippen LogP contribution < -0.4 is 10.5 Å². The van der Waals surface area contributed by atoms with Crippen LogP contribution in [0.4, 0.5) is 0 Å². The number of nitrogens with zero attached hydrogens (tertiary/aromatic N) is 1. The molecule has 0 bridgehead atoms. The summed E-state index contributed by atoms with van der Waals surface area (Å²) in [7, 11) is -2.90. The predicted octanol–water partition coefficient (Wildman–Crippen LogP) is 0.537. The predicted molar refractivity (Wildman–Crippen MR) is 69.3 cm³/mol. The fraction of sp³-hybridized carbons (Fsp3) is 0.583. The largest absolute Gasteiger partial charge is 0.488 e. The number of hydrogen-bond acceptors (Lipinski definition) is 5. The van der Waals surface area contributed by atoms with Gasteiger partial charge in [0.15, 0.2) is 9.84 Å². The highest BCUT2D eigenvalue weighted by Gasteiger charge is 2.29. The van der Waals surface area contributed by atoms with E-state index in [0.717, 1.165) is 12.1 Å². The van der Waals surface area contributed by atoms with Crippen molar-refractivity contribution in [3.05, 3.63) is 24.0 Å². The zero-order valence-electron chi connectivity index (χ0n) is 10.4. The summed E-state index contributed by atoms with van der Waals surface area (Å²) in [6.45, 7) is 1.93. The molecular weight excluding hydrogens is 252 g/mol. The van der Waals surface area contributed by atoms with Crippen LogP contribution in [0.25, 0.3) is 0 Å². The molecule has 0 spiro atoms.